The number of fused-ring (bicyclic) bond motifs is 3. The number of aromatic nitrogens is 6. The van der Waals surface area contributed by atoms with Crippen molar-refractivity contribution < 1.29 is 9.53 Å². The second kappa shape index (κ2) is 10.1. The Bertz CT molecular complexity index is 1470. The zero-order chi connectivity index (χ0) is 26.1. The molecule has 11 heteroatoms. The van der Waals surface area contributed by atoms with E-state index in [1.165, 1.54) is 0 Å². The van der Waals surface area contributed by atoms with Gasteiger partial charge >= 0.3 is 0 Å². The number of nitrogens with zero attached hydrogens (tertiary/aromatic N) is 7. The van der Waals surface area contributed by atoms with Crippen LogP contribution < -0.4 is 10.1 Å². The van der Waals surface area contributed by atoms with Gasteiger partial charge in [0, 0.05) is 22.2 Å². The van der Waals surface area contributed by atoms with Crippen LogP contribution in [0, 0.1) is 6.92 Å². The summed E-state index contributed by atoms with van der Waals surface area (Å²) in [6, 6.07) is 12.9. The van der Waals surface area contributed by atoms with Gasteiger partial charge in [-0.2, -0.15) is 0 Å². The number of nitrogens with one attached hydrogen (secondary N) is 1. The fourth-order valence-corrected chi connectivity index (χ4v) is 4.39. The van der Waals surface area contributed by atoms with E-state index in [1.807, 2.05) is 74.0 Å². The lowest BCUT2D eigenvalue weighted by Crippen LogP contribution is -2.25. The van der Waals surface area contributed by atoms with E-state index in [0.29, 0.717) is 33.8 Å². The molecule has 0 aliphatic carbocycles. The summed E-state index contributed by atoms with van der Waals surface area (Å²) < 4.78 is 9.22. The molecule has 0 bridgehead atoms. The molecule has 0 fully saturated rings. The zero-order valence-electron chi connectivity index (χ0n) is 21.0. The van der Waals surface area contributed by atoms with Crippen LogP contribution in [-0.2, 0) is 11.3 Å². The minimum atomic E-state index is -0.573. The van der Waals surface area contributed by atoms with Crippen LogP contribution >= 0.6 is 11.6 Å². The van der Waals surface area contributed by atoms with Crippen LogP contribution in [0.5, 0.6) is 5.75 Å². The Morgan fingerprint density at radius 2 is 1.92 bits per heavy atom. The number of carbonyl (C=O) groups is 1. The highest BCUT2D eigenvalue weighted by atomic mass is 35.5. The predicted octanol–water partition coefficient (Wildman–Crippen LogP) is 4.01. The summed E-state index contributed by atoms with van der Waals surface area (Å²) in [5.74, 6) is 1.80. The Hall–Kier alpha value is -4.05. The van der Waals surface area contributed by atoms with Gasteiger partial charge in [0.05, 0.1) is 37.7 Å². The van der Waals surface area contributed by atoms with Crippen LogP contribution in [0.3, 0.4) is 0 Å². The third kappa shape index (κ3) is 4.97. The van der Waals surface area contributed by atoms with Crippen molar-refractivity contribution in [3.63, 3.8) is 0 Å². The number of hydrogen-bond acceptors (Lipinski definition) is 7. The second-order valence-electron chi connectivity index (χ2n) is 9.09. The monoisotopic (exact) mass is 518 g/mol. The number of ether oxygens (including phenoxy) is 1. The van der Waals surface area contributed by atoms with Crippen molar-refractivity contribution in [2.45, 2.75) is 45.8 Å². The summed E-state index contributed by atoms with van der Waals surface area (Å²) >= 11 is 6.16. The first-order valence-corrected chi connectivity index (χ1v) is 12.3. The van der Waals surface area contributed by atoms with E-state index in [4.69, 9.17) is 21.3 Å². The lowest BCUT2D eigenvalue weighted by molar-refractivity contribution is -0.121. The number of aryl methyl sites for hydroxylation is 1. The van der Waals surface area contributed by atoms with Gasteiger partial charge in [0.2, 0.25) is 5.91 Å². The molecule has 0 saturated heterocycles. The largest absolute Gasteiger partial charge is 0.497 e. The molecule has 10 nitrogen and oxygen atoms in total. The average molecular weight is 519 g/mol. The topological polar surface area (TPSA) is 112 Å². The number of aliphatic imine (C=N–C) groups is 1. The van der Waals surface area contributed by atoms with Gasteiger partial charge in [0.15, 0.2) is 5.82 Å². The molecule has 37 heavy (non-hydrogen) atoms. The van der Waals surface area contributed by atoms with E-state index in [2.05, 4.69) is 25.8 Å². The molecule has 1 atom stereocenters. The van der Waals surface area contributed by atoms with Crippen LogP contribution in [-0.4, -0.2) is 48.5 Å². The van der Waals surface area contributed by atoms with Gasteiger partial charge in [-0.1, -0.05) is 28.9 Å². The summed E-state index contributed by atoms with van der Waals surface area (Å²) in [5, 5.41) is 20.5. The molecule has 2 aromatic carbocycles. The number of carbonyl (C=O) groups excluding carboxylic acids is 1. The molecular weight excluding hydrogens is 492 g/mol. The van der Waals surface area contributed by atoms with E-state index in [1.54, 1.807) is 11.8 Å². The van der Waals surface area contributed by atoms with E-state index < -0.39 is 6.04 Å². The van der Waals surface area contributed by atoms with Gasteiger partial charge in [0.25, 0.3) is 0 Å². The van der Waals surface area contributed by atoms with Crippen LogP contribution in [0.4, 0.5) is 0 Å². The molecule has 0 unspecified atom stereocenters. The molecule has 1 aliphatic rings. The summed E-state index contributed by atoms with van der Waals surface area (Å²) in [6.07, 6.45) is 1.91. The summed E-state index contributed by atoms with van der Waals surface area (Å²) in [5.41, 5.74) is 3.98. The Kier molecular flexibility index (Phi) is 6.75. The molecule has 4 aromatic rings. The van der Waals surface area contributed by atoms with Crippen molar-refractivity contribution in [3.8, 4) is 11.4 Å². The Balaban J connectivity index is 1.52. The quantitative estimate of drug-likeness (QED) is 0.395. The molecule has 0 radical (unpaired) electrons. The average Bonchev–Trinajstić information content (AvgIpc) is 3.49. The molecule has 5 rings (SSSR count). The van der Waals surface area contributed by atoms with Gasteiger partial charge in [-0.15, -0.1) is 15.3 Å². The smallest absolute Gasteiger partial charge is 0.222 e. The molecular formula is C26H27ClN8O2. The van der Waals surface area contributed by atoms with E-state index in [0.717, 1.165) is 16.8 Å². The standard InChI is InChI=1S/C26H27ClN8O2/c1-15(2)34-14-19(31-33-34)13-28-24(36)12-22-26-32-30-16(3)35(26)23-10-9-20(37-4)11-21(23)25(29-22)17-5-7-18(27)8-6-17/h5-11,14-15,22H,12-13H2,1-4H3,(H,28,36)/t22-/m0/s1. The lowest BCUT2D eigenvalue weighted by Gasteiger charge is -2.14. The Labute approximate surface area is 219 Å². The molecule has 0 saturated carbocycles. The van der Waals surface area contributed by atoms with Gasteiger partial charge in [-0.05, 0) is 51.1 Å². The first-order chi connectivity index (χ1) is 17.8. The summed E-state index contributed by atoms with van der Waals surface area (Å²) in [6.45, 7) is 6.19. The third-order valence-corrected chi connectivity index (χ3v) is 6.43. The Morgan fingerprint density at radius 3 is 2.62 bits per heavy atom. The zero-order valence-corrected chi connectivity index (χ0v) is 21.8. The molecule has 1 amide bonds. The van der Waals surface area contributed by atoms with Crippen molar-refractivity contribution >= 4 is 23.2 Å². The van der Waals surface area contributed by atoms with Crippen molar-refractivity contribution in [2.75, 3.05) is 7.11 Å². The van der Waals surface area contributed by atoms with E-state index in [-0.39, 0.29) is 24.9 Å². The van der Waals surface area contributed by atoms with Crippen LogP contribution in [0.15, 0.2) is 53.7 Å². The van der Waals surface area contributed by atoms with Gasteiger partial charge < -0.3 is 10.1 Å². The normalized spacial score (nSPS) is 14.5. The molecule has 0 spiro atoms. The molecule has 1 N–H and O–H groups in total. The molecule has 2 aromatic heterocycles. The SMILES string of the molecule is COc1ccc2c(c1)C(c1ccc(Cl)cc1)=N[C@@H](CC(=O)NCc1cn(C(C)C)nn1)c1nnc(C)n1-2. The van der Waals surface area contributed by atoms with Crippen LogP contribution in [0.1, 0.15) is 60.8 Å². The second-order valence-corrected chi connectivity index (χ2v) is 9.53. The maximum absolute atomic E-state index is 13.1. The highest BCUT2D eigenvalue weighted by molar-refractivity contribution is 6.30. The van der Waals surface area contributed by atoms with Crippen LogP contribution in [0.25, 0.3) is 5.69 Å². The molecule has 1 aliphatic heterocycles. The minimum absolute atomic E-state index is 0.0820. The van der Waals surface area contributed by atoms with Crippen molar-refractivity contribution in [1.29, 1.82) is 0 Å². The number of amides is 1. The van der Waals surface area contributed by atoms with E-state index >= 15 is 0 Å². The van der Waals surface area contributed by atoms with Crippen molar-refractivity contribution in [3.05, 3.63) is 82.2 Å². The van der Waals surface area contributed by atoms with Crippen molar-refractivity contribution in [2.24, 2.45) is 4.99 Å². The predicted molar refractivity (Wildman–Crippen MR) is 139 cm³/mol. The number of methoxy groups -OCH3 is 1. The van der Waals surface area contributed by atoms with E-state index in [9.17, 15) is 4.79 Å². The maximum atomic E-state index is 13.1. The number of benzene rings is 2. The first-order valence-electron chi connectivity index (χ1n) is 12.0. The highest BCUT2D eigenvalue weighted by Gasteiger charge is 2.30. The van der Waals surface area contributed by atoms with Gasteiger partial charge in [-0.3, -0.25) is 14.4 Å². The number of rotatable bonds is 7. The third-order valence-electron chi connectivity index (χ3n) is 6.18. The molecule has 3 heterocycles. The van der Waals surface area contributed by atoms with Gasteiger partial charge in [-0.25, -0.2) is 4.68 Å². The fraction of sp³-hybridized carbons (Fsp3) is 0.308. The molecule has 190 valence electrons. The van der Waals surface area contributed by atoms with Crippen LogP contribution in [0.2, 0.25) is 5.02 Å². The fourth-order valence-electron chi connectivity index (χ4n) is 4.26. The number of halogens is 1. The minimum Gasteiger partial charge on any atom is -0.497 e. The maximum Gasteiger partial charge on any atom is 0.222 e. The lowest BCUT2D eigenvalue weighted by atomic mass is 10.00. The first kappa shape index (κ1) is 24.6. The summed E-state index contributed by atoms with van der Waals surface area (Å²) in [7, 11) is 1.62. The highest BCUT2D eigenvalue weighted by Crippen LogP contribution is 2.34. The summed E-state index contributed by atoms with van der Waals surface area (Å²) in [4.78, 5) is 18.2. The number of hydrogen-bond donors (Lipinski definition) is 1. The van der Waals surface area contributed by atoms with Gasteiger partial charge in [0.1, 0.15) is 23.3 Å². The Morgan fingerprint density at radius 1 is 1.14 bits per heavy atom. The van der Waals surface area contributed by atoms with Crippen molar-refractivity contribution in [1.82, 2.24) is 35.1 Å².